The second kappa shape index (κ2) is 9.85. The molecule has 0 aliphatic carbocycles. The third-order valence-corrected chi connectivity index (χ3v) is 8.91. The predicted molar refractivity (Wildman–Crippen MR) is 130 cm³/mol. The van der Waals surface area contributed by atoms with E-state index in [9.17, 15) is 13.2 Å². The molecule has 0 spiro atoms. The van der Waals surface area contributed by atoms with E-state index in [1.54, 1.807) is 44.4 Å². The van der Waals surface area contributed by atoms with Crippen LogP contribution in [0, 0.1) is 12.8 Å². The van der Waals surface area contributed by atoms with Crippen LogP contribution in [0.25, 0.3) is 10.7 Å². The Morgan fingerprint density at radius 1 is 1.32 bits per heavy atom. The summed E-state index contributed by atoms with van der Waals surface area (Å²) in [6.45, 7) is 6.16. The Balaban J connectivity index is 1.51. The molecule has 1 amide bonds. The van der Waals surface area contributed by atoms with Gasteiger partial charge in [0.15, 0.2) is 0 Å². The molecule has 182 valence electrons. The van der Waals surface area contributed by atoms with Gasteiger partial charge in [0.2, 0.25) is 27.6 Å². The number of rotatable bonds is 7. The number of thiophene rings is 1. The molecular formula is C23H28N4O5S2. The summed E-state index contributed by atoms with van der Waals surface area (Å²) in [5.74, 6) is 0.956. The summed E-state index contributed by atoms with van der Waals surface area (Å²) in [7, 11) is -2.22. The Hall–Kier alpha value is -2.76. The lowest BCUT2D eigenvalue weighted by Gasteiger charge is -2.31. The quantitative estimate of drug-likeness (QED) is 0.511. The van der Waals surface area contributed by atoms with Crippen molar-refractivity contribution < 1.29 is 22.5 Å². The summed E-state index contributed by atoms with van der Waals surface area (Å²) in [5.41, 5.74) is 0.614. The largest absolute Gasteiger partial charge is 0.497 e. The van der Waals surface area contributed by atoms with Gasteiger partial charge in [-0.25, -0.2) is 8.42 Å². The van der Waals surface area contributed by atoms with Gasteiger partial charge in [0.25, 0.3) is 0 Å². The van der Waals surface area contributed by atoms with Gasteiger partial charge in [0.05, 0.1) is 22.8 Å². The number of anilines is 1. The fourth-order valence-electron chi connectivity index (χ4n) is 3.86. The fourth-order valence-corrected chi connectivity index (χ4v) is 6.87. The fraction of sp³-hybridized carbons (Fsp3) is 0.435. The summed E-state index contributed by atoms with van der Waals surface area (Å²) in [4.78, 5) is 18.8. The Bertz CT molecular complexity index is 1280. The van der Waals surface area contributed by atoms with Gasteiger partial charge < -0.3 is 14.6 Å². The number of hydrogen-bond donors (Lipinski definition) is 1. The second-order valence-electron chi connectivity index (χ2n) is 8.57. The lowest BCUT2D eigenvalue weighted by atomic mass is 9.98. The first-order valence-electron chi connectivity index (χ1n) is 11.1. The monoisotopic (exact) mass is 504 g/mol. The molecule has 3 aromatic rings. The second-order valence-corrected chi connectivity index (χ2v) is 11.7. The molecule has 9 nitrogen and oxygen atoms in total. The molecule has 0 saturated carbocycles. The first-order chi connectivity index (χ1) is 16.2. The van der Waals surface area contributed by atoms with Crippen molar-refractivity contribution in [3.05, 3.63) is 41.1 Å². The highest BCUT2D eigenvalue weighted by Gasteiger charge is 2.35. The molecule has 11 heteroatoms. The number of carbonyl (C=O) groups excluding carboxylic acids is 1. The van der Waals surface area contributed by atoms with Crippen LogP contribution in [-0.2, 0) is 14.8 Å². The third kappa shape index (κ3) is 5.01. The number of ether oxygens (including phenoxy) is 1. The lowest BCUT2D eigenvalue weighted by Crippen LogP contribution is -2.43. The van der Waals surface area contributed by atoms with Gasteiger partial charge in [-0.15, -0.1) is 11.3 Å². The molecule has 1 unspecified atom stereocenters. The summed E-state index contributed by atoms with van der Waals surface area (Å²) < 4.78 is 38.9. The molecule has 4 rings (SSSR count). The lowest BCUT2D eigenvalue weighted by molar-refractivity contribution is -0.120. The van der Waals surface area contributed by atoms with Crippen LogP contribution in [0.2, 0.25) is 0 Å². The van der Waals surface area contributed by atoms with Crippen molar-refractivity contribution in [2.24, 2.45) is 5.92 Å². The molecule has 1 aliphatic rings. The van der Waals surface area contributed by atoms with Gasteiger partial charge in [-0.1, -0.05) is 25.1 Å². The van der Waals surface area contributed by atoms with E-state index < -0.39 is 15.9 Å². The average Bonchev–Trinajstić information content (AvgIpc) is 3.47. The van der Waals surface area contributed by atoms with E-state index >= 15 is 0 Å². The molecule has 1 fully saturated rings. The molecule has 0 bridgehead atoms. The minimum atomic E-state index is -3.78. The van der Waals surface area contributed by atoms with Crippen LogP contribution >= 0.6 is 11.3 Å². The first-order valence-corrected chi connectivity index (χ1v) is 13.3. The summed E-state index contributed by atoms with van der Waals surface area (Å²) in [5, 5.41) is 6.88. The number of benzene rings is 1. The highest BCUT2D eigenvalue weighted by atomic mass is 32.2. The minimum absolute atomic E-state index is 0.0823. The standard InChI is InChI=1S/C23H28N4O5S2/c1-14(2)23-25-21(26-32-23)19-12-20(15(3)33-19)34(29,30)27-10-6-7-16(13-27)22(28)24-17-8-5-9-18(11-17)31-4/h5,8-9,11-12,14,16H,6-7,10,13H2,1-4H3,(H,24,28). The van der Waals surface area contributed by atoms with Gasteiger partial charge >= 0.3 is 0 Å². The Labute approximate surface area is 203 Å². The van der Waals surface area contributed by atoms with E-state index in [1.807, 2.05) is 13.8 Å². The number of methoxy groups -OCH3 is 1. The van der Waals surface area contributed by atoms with Gasteiger partial charge in [0, 0.05) is 35.6 Å². The number of sulfonamides is 1. The molecule has 3 heterocycles. The van der Waals surface area contributed by atoms with Crippen molar-refractivity contribution in [3.8, 4) is 16.5 Å². The Morgan fingerprint density at radius 3 is 2.82 bits per heavy atom. The van der Waals surface area contributed by atoms with Gasteiger partial charge in [0.1, 0.15) is 5.75 Å². The number of piperidine rings is 1. The topological polar surface area (TPSA) is 115 Å². The maximum Gasteiger partial charge on any atom is 0.244 e. The maximum atomic E-state index is 13.5. The molecule has 1 atom stereocenters. The number of nitrogens with zero attached hydrogens (tertiary/aromatic N) is 3. The number of aryl methyl sites for hydroxylation is 1. The summed E-state index contributed by atoms with van der Waals surface area (Å²) in [6.07, 6.45) is 1.23. The zero-order valence-electron chi connectivity index (χ0n) is 19.6. The maximum absolute atomic E-state index is 13.5. The molecule has 1 aliphatic heterocycles. The van der Waals surface area contributed by atoms with Crippen molar-refractivity contribution in [1.29, 1.82) is 0 Å². The number of nitrogens with one attached hydrogen (secondary N) is 1. The number of carbonyl (C=O) groups is 1. The zero-order valence-corrected chi connectivity index (χ0v) is 21.2. The van der Waals surface area contributed by atoms with E-state index in [0.29, 0.717) is 52.3 Å². The average molecular weight is 505 g/mol. The van der Waals surface area contributed by atoms with Crippen LogP contribution in [0.1, 0.15) is 43.4 Å². The van der Waals surface area contributed by atoms with Crippen molar-refractivity contribution >= 4 is 33.0 Å². The van der Waals surface area contributed by atoms with Crippen molar-refractivity contribution in [2.75, 3.05) is 25.5 Å². The van der Waals surface area contributed by atoms with Crippen molar-refractivity contribution in [1.82, 2.24) is 14.4 Å². The molecule has 34 heavy (non-hydrogen) atoms. The SMILES string of the molecule is COc1cccc(NC(=O)C2CCCN(S(=O)(=O)c3cc(-c4noc(C(C)C)n4)sc3C)C2)c1. The molecule has 1 N–H and O–H groups in total. The predicted octanol–water partition coefficient (Wildman–Crippen LogP) is 4.28. The zero-order chi connectivity index (χ0) is 24.5. The van der Waals surface area contributed by atoms with Crippen LogP contribution in [-0.4, -0.2) is 49.0 Å². The smallest absolute Gasteiger partial charge is 0.244 e. The number of amides is 1. The van der Waals surface area contributed by atoms with E-state index in [4.69, 9.17) is 9.26 Å². The van der Waals surface area contributed by atoms with Crippen LogP contribution in [0.3, 0.4) is 0 Å². The number of aromatic nitrogens is 2. The molecule has 1 aromatic carbocycles. The van der Waals surface area contributed by atoms with E-state index in [1.165, 1.54) is 15.6 Å². The van der Waals surface area contributed by atoms with E-state index in [2.05, 4.69) is 15.5 Å². The van der Waals surface area contributed by atoms with Crippen LogP contribution in [0.5, 0.6) is 5.75 Å². The van der Waals surface area contributed by atoms with Gasteiger partial charge in [-0.3, -0.25) is 4.79 Å². The molecule has 2 aromatic heterocycles. The highest BCUT2D eigenvalue weighted by Crippen LogP contribution is 2.35. The third-order valence-electron chi connectivity index (χ3n) is 5.74. The molecular weight excluding hydrogens is 476 g/mol. The van der Waals surface area contributed by atoms with Gasteiger partial charge in [-0.05, 0) is 38.0 Å². The summed E-state index contributed by atoms with van der Waals surface area (Å²) >= 11 is 1.31. The van der Waals surface area contributed by atoms with E-state index in [-0.39, 0.29) is 23.3 Å². The number of hydrogen-bond acceptors (Lipinski definition) is 8. The Morgan fingerprint density at radius 2 is 2.12 bits per heavy atom. The first kappa shape index (κ1) is 24.4. The van der Waals surface area contributed by atoms with Crippen LogP contribution in [0.4, 0.5) is 5.69 Å². The molecule has 1 saturated heterocycles. The van der Waals surface area contributed by atoms with Crippen LogP contribution in [0.15, 0.2) is 39.8 Å². The Kier molecular flexibility index (Phi) is 7.06. The van der Waals surface area contributed by atoms with Crippen LogP contribution < -0.4 is 10.1 Å². The van der Waals surface area contributed by atoms with Crippen molar-refractivity contribution in [3.63, 3.8) is 0 Å². The normalized spacial score (nSPS) is 17.1. The molecule has 0 radical (unpaired) electrons. The van der Waals surface area contributed by atoms with Gasteiger partial charge in [-0.2, -0.15) is 9.29 Å². The minimum Gasteiger partial charge on any atom is -0.497 e. The summed E-state index contributed by atoms with van der Waals surface area (Å²) in [6, 6.07) is 8.69. The van der Waals surface area contributed by atoms with Crippen molar-refractivity contribution in [2.45, 2.75) is 44.4 Å². The highest BCUT2D eigenvalue weighted by molar-refractivity contribution is 7.89. The van der Waals surface area contributed by atoms with E-state index in [0.717, 1.165) is 0 Å².